The van der Waals surface area contributed by atoms with E-state index in [-0.39, 0.29) is 5.69 Å². The second-order valence-electron chi connectivity index (χ2n) is 4.20. The summed E-state index contributed by atoms with van der Waals surface area (Å²) >= 11 is 1.63. The maximum Gasteiger partial charge on any atom is 0.327 e. The minimum Gasteiger partial charge on any atom is -0.375 e. The molecule has 1 aromatic carbocycles. The number of nitrogens with zero attached hydrogens (tertiary/aromatic N) is 1. The smallest absolute Gasteiger partial charge is 0.327 e. The number of nitro benzene ring substituents is 1. The van der Waals surface area contributed by atoms with Crippen LogP contribution in [-0.2, 0) is 6.54 Å². The number of hydrogen-bond donors (Lipinski definition) is 1. The van der Waals surface area contributed by atoms with E-state index in [1.54, 1.807) is 11.3 Å². The maximum atomic E-state index is 13.4. The Hall–Kier alpha value is -1.95. The van der Waals surface area contributed by atoms with Crippen molar-refractivity contribution < 1.29 is 9.31 Å². The molecule has 19 heavy (non-hydrogen) atoms. The van der Waals surface area contributed by atoms with E-state index in [0.717, 1.165) is 10.9 Å². The summed E-state index contributed by atoms with van der Waals surface area (Å²) in [6.45, 7) is 4.48. The van der Waals surface area contributed by atoms with Gasteiger partial charge in [0.1, 0.15) is 5.69 Å². The predicted octanol–water partition coefficient (Wildman–Crippen LogP) is 4.02. The summed E-state index contributed by atoms with van der Waals surface area (Å²) in [5.74, 6) is -0.825. The fraction of sp³-hybridized carbons (Fsp3) is 0.231. The summed E-state index contributed by atoms with van der Waals surface area (Å²) in [5, 5.41) is 13.8. The van der Waals surface area contributed by atoms with Crippen LogP contribution in [0.25, 0.3) is 0 Å². The molecule has 4 nitrogen and oxygen atoms in total. The molecule has 0 aliphatic carbocycles. The Labute approximate surface area is 114 Å². The molecule has 0 amide bonds. The van der Waals surface area contributed by atoms with Gasteiger partial charge in [-0.2, -0.15) is 4.39 Å². The Morgan fingerprint density at radius 2 is 2.16 bits per heavy atom. The van der Waals surface area contributed by atoms with Gasteiger partial charge in [0.05, 0.1) is 4.92 Å². The summed E-state index contributed by atoms with van der Waals surface area (Å²) in [6, 6.07) is 6.07. The van der Waals surface area contributed by atoms with E-state index in [1.807, 2.05) is 19.9 Å². The van der Waals surface area contributed by atoms with Crippen LogP contribution in [-0.4, -0.2) is 4.92 Å². The molecule has 1 heterocycles. The monoisotopic (exact) mass is 280 g/mol. The number of benzene rings is 1. The van der Waals surface area contributed by atoms with Crippen LogP contribution in [0, 0.1) is 29.8 Å². The van der Waals surface area contributed by atoms with E-state index in [2.05, 4.69) is 5.32 Å². The van der Waals surface area contributed by atoms with Gasteiger partial charge < -0.3 is 5.32 Å². The number of hydrogen-bond acceptors (Lipinski definition) is 4. The SMILES string of the molecule is Cc1cc(CNc2cccc(F)c2[N+](=O)[O-])sc1C. The van der Waals surface area contributed by atoms with Gasteiger partial charge in [0, 0.05) is 16.3 Å². The molecule has 2 aromatic rings. The van der Waals surface area contributed by atoms with Crippen molar-refractivity contribution in [2.24, 2.45) is 0 Å². The molecule has 100 valence electrons. The Morgan fingerprint density at radius 1 is 1.42 bits per heavy atom. The van der Waals surface area contributed by atoms with E-state index in [9.17, 15) is 14.5 Å². The van der Waals surface area contributed by atoms with Gasteiger partial charge in [0.15, 0.2) is 0 Å². The molecule has 0 saturated heterocycles. The zero-order valence-corrected chi connectivity index (χ0v) is 11.4. The molecule has 1 aromatic heterocycles. The van der Waals surface area contributed by atoms with Gasteiger partial charge in [-0.1, -0.05) is 6.07 Å². The van der Waals surface area contributed by atoms with Crippen molar-refractivity contribution in [1.29, 1.82) is 0 Å². The van der Waals surface area contributed by atoms with Gasteiger partial charge in [-0.3, -0.25) is 10.1 Å². The van der Waals surface area contributed by atoms with Crippen LogP contribution in [0.15, 0.2) is 24.3 Å². The molecular weight excluding hydrogens is 267 g/mol. The molecular formula is C13H13FN2O2S. The van der Waals surface area contributed by atoms with Gasteiger partial charge in [-0.25, -0.2) is 0 Å². The fourth-order valence-corrected chi connectivity index (χ4v) is 2.76. The topological polar surface area (TPSA) is 55.2 Å². The Balaban J connectivity index is 2.20. The van der Waals surface area contributed by atoms with Crippen LogP contribution >= 0.6 is 11.3 Å². The highest BCUT2D eigenvalue weighted by molar-refractivity contribution is 7.12. The average Bonchev–Trinajstić information content (AvgIpc) is 2.65. The highest BCUT2D eigenvalue weighted by Crippen LogP contribution is 2.28. The van der Waals surface area contributed by atoms with Crippen molar-refractivity contribution in [1.82, 2.24) is 0 Å². The molecule has 0 atom stereocenters. The van der Waals surface area contributed by atoms with Crippen LogP contribution in [0.3, 0.4) is 0 Å². The number of nitro groups is 1. The van der Waals surface area contributed by atoms with E-state index < -0.39 is 16.4 Å². The first-order valence-electron chi connectivity index (χ1n) is 5.71. The normalized spacial score (nSPS) is 10.5. The molecule has 0 fully saturated rings. The Bertz CT molecular complexity index is 606. The number of thiophene rings is 1. The number of anilines is 1. The Morgan fingerprint density at radius 3 is 2.74 bits per heavy atom. The minimum absolute atomic E-state index is 0.203. The summed E-state index contributed by atoms with van der Waals surface area (Å²) in [6.07, 6.45) is 0. The first-order chi connectivity index (χ1) is 8.99. The first-order valence-corrected chi connectivity index (χ1v) is 6.53. The molecule has 6 heteroatoms. The summed E-state index contributed by atoms with van der Waals surface area (Å²) in [7, 11) is 0. The highest BCUT2D eigenvalue weighted by Gasteiger charge is 2.19. The number of aryl methyl sites for hydroxylation is 2. The second kappa shape index (κ2) is 5.36. The van der Waals surface area contributed by atoms with Crippen LogP contribution in [0.5, 0.6) is 0 Å². The summed E-state index contributed by atoms with van der Waals surface area (Å²) < 4.78 is 13.4. The molecule has 0 unspecified atom stereocenters. The molecule has 0 radical (unpaired) electrons. The van der Waals surface area contributed by atoms with Gasteiger partial charge >= 0.3 is 5.69 Å². The summed E-state index contributed by atoms with van der Waals surface area (Å²) in [4.78, 5) is 12.4. The molecule has 0 aliphatic heterocycles. The van der Waals surface area contributed by atoms with E-state index in [4.69, 9.17) is 0 Å². The quantitative estimate of drug-likeness (QED) is 0.679. The largest absolute Gasteiger partial charge is 0.375 e. The van der Waals surface area contributed by atoms with Crippen molar-refractivity contribution in [3.05, 3.63) is 55.5 Å². The molecule has 0 saturated carbocycles. The third-order valence-electron chi connectivity index (χ3n) is 2.84. The van der Waals surface area contributed by atoms with E-state index in [0.29, 0.717) is 6.54 Å². The van der Waals surface area contributed by atoms with Gasteiger partial charge in [0.2, 0.25) is 5.82 Å². The maximum absolute atomic E-state index is 13.4. The van der Waals surface area contributed by atoms with Crippen molar-refractivity contribution in [2.45, 2.75) is 20.4 Å². The zero-order chi connectivity index (χ0) is 14.0. The van der Waals surface area contributed by atoms with Crippen molar-refractivity contribution in [3.8, 4) is 0 Å². The number of rotatable bonds is 4. The van der Waals surface area contributed by atoms with Crippen LogP contribution in [0.2, 0.25) is 0 Å². The summed E-state index contributed by atoms with van der Waals surface area (Å²) in [5.41, 5.74) is 0.886. The zero-order valence-electron chi connectivity index (χ0n) is 10.6. The van der Waals surface area contributed by atoms with E-state index in [1.165, 1.54) is 22.6 Å². The lowest BCUT2D eigenvalue weighted by atomic mass is 10.2. The fourth-order valence-electron chi connectivity index (χ4n) is 1.76. The van der Waals surface area contributed by atoms with Crippen LogP contribution < -0.4 is 5.32 Å². The number of halogens is 1. The third-order valence-corrected chi connectivity index (χ3v) is 3.99. The van der Waals surface area contributed by atoms with Crippen molar-refractivity contribution in [3.63, 3.8) is 0 Å². The number of nitrogens with one attached hydrogen (secondary N) is 1. The van der Waals surface area contributed by atoms with Gasteiger partial charge in [-0.15, -0.1) is 11.3 Å². The lowest BCUT2D eigenvalue weighted by Crippen LogP contribution is -2.03. The second-order valence-corrected chi connectivity index (χ2v) is 5.54. The predicted molar refractivity (Wildman–Crippen MR) is 74.2 cm³/mol. The molecule has 0 aliphatic rings. The lowest BCUT2D eigenvalue weighted by Gasteiger charge is -2.06. The standard InChI is InChI=1S/C13H13FN2O2S/c1-8-6-10(19-9(8)2)7-15-12-5-3-4-11(14)13(12)16(17)18/h3-6,15H,7H2,1-2H3. The highest BCUT2D eigenvalue weighted by atomic mass is 32.1. The Kier molecular flexibility index (Phi) is 3.80. The van der Waals surface area contributed by atoms with E-state index >= 15 is 0 Å². The molecule has 1 N–H and O–H groups in total. The van der Waals surface area contributed by atoms with Crippen LogP contribution in [0.4, 0.5) is 15.8 Å². The van der Waals surface area contributed by atoms with Gasteiger partial charge in [0.25, 0.3) is 0 Å². The van der Waals surface area contributed by atoms with Crippen molar-refractivity contribution in [2.75, 3.05) is 5.32 Å². The first kappa shape index (κ1) is 13.5. The third kappa shape index (κ3) is 2.90. The molecule has 2 rings (SSSR count). The lowest BCUT2D eigenvalue weighted by molar-refractivity contribution is -0.386. The molecule has 0 spiro atoms. The van der Waals surface area contributed by atoms with Crippen molar-refractivity contribution >= 4 is 22.7 Å². The van der Waals surface area contributed by atoms with Gasteiger partial charge in [-0.05, 0) is 37.6 Å². The average molecular weight is 280 g/mol. The molecule has 0 bridgehead atoms. The number of para-hydroxylation sites is 1. The van der Waals surface area contributed by atoms with Crippen LogP contribution in [0.1, 0.15) is 15.3 Å². The minimum atomic E-state index is -0.825.